The van der Waals surface area contributed by atoms with E-state index >= 15 is 0 Å². The molecule has 0 radical (unpaired) electrons. The molecule has 0 saturated carbocycles. The molecule has 0 amide bonds. The number of ether oxygens (including phenoxy) is 1. The summed E-state index contributed by atoms with van der Waals surface area (Å²) in [5.74, 6) is 0.0951. The van der Waals surface area contributed by atoms with E-state index in [0.717, 1.165) is 4.68 Å². The first-order valence-corrected chi connectivity index (χ1v) is 8.87. The third kappa shape index (κ3) is 3.84. The number of halogens is 1. The molecule has 0 aliphatic carbocycles. The molecule has 0 bridgehead atoms. The molecule has 29 heavy (non-hydrogen) atoms. The maximum Gasteiger partial charge on any atom is 0.349 e. The molecule has 0 fully saturated rings. The number of aromatic amines is 1. The molecule has 7 heteroatoms. The minimum Gasteiger partial charge on any atom is -0.488 e. The molecule has 0 atom stereocenters. The zero-order valence-corrected chi connectivity index (χ0v) is 15.2. The van der Waals surface area contributed by atoms with Gasteiger partial charge in [-0.25, -0.2) is 9.18 Å². The predicted octanol–water partition coefficient (Wildman–Crippen LogP) is 3.29. The molecular formula is C22H16FN3O3. The standard InChI is InChI=1S/C22H16FN3O3/c23-18-10-4-1-8-16(18)14-29-20-12-6-2-7-15(20)13-24-26-21(27)17-9-3-5-11-19(17)25-22(26)28/h1-13H,14H2,(H,25,28). The number of fused-ring (bicyclic) bond motifs is 1. The summed E-state index contributed by atoms with van der Waals surface area (Å²) in [6.07, 6.45) is 1.36. The zero-order chi connectivity index (χ0) is 20.2. The van der Waals surface area contributed by atoms with Crippen LogP contribution in [0.15, 0.2) is 87.5 Å². The van der Waals surface area contributed by atoms with Gasteiger partial charge in [0.05, 0.1) is 17.1 Å². The van der Waals surface area contributed by atoms with Crippen molar-refractivity contribution in [3.05, 3.63) is 111 Å². The van der Waals surface area contributed by atoms with Gasteiger partial charge in [-0.1, -0.05) is 42.5 Å². The van der Waals surface area contributed by atoms with Crippen molar-refractivity contribution < 1.29 is 9.13 Å². The predicted molar refractivity (Wildman–Crippen MR) is 109 cm³/mol. The van der Waals surface area contributed by atoms with Crippen LogP contribution in [-0.4, -0.2) is 15.9 Å². The Morgan fingerprint density at radius 3 is 2.55 bits per heavy atom. The lowest BCUT2D eigenvalue weighted by molar-refractivity contribution is 0.299. The number of rotatable bonds is 5. The first-order valence-electron chi connectivity index (χ1n) is 8.87. The summed E-state index contributed by atoms with van der Waals surface area (Å²) in [5.41, 5.74) is 0.243. The molecule has 1 N–H and O–H groups in total. The van der Waals surface area contributed by atoms with Crippen molar-refractivity contribution in [2.75, 3.05) is 0 Å². The largest absolute Gasteiger partial charge is 0.488 e. The second kappa shape index (κ2) is 7.93. The van der Waals surface area contributed by atoms with Crippen molar-refractivity contribution in [3.8, 4) is 5.75 Å². The SMILES string of the molecule is O=c1[nH]c2ccccc2c(=O)n1N=Cc1ccccc1OCc1ccccc1F. The van der Waals surface area contributed by atoms with Crippen LogP contribution < -0.4 is 16.0 Å². The second-order valence-electron chi connectivity index (χ2n) is 6.26. The average molecular weight is 389 g/mol. The summed E-state index contributed by atoms with van der Waals surface area (Å²) >= 11 is 0. The normalized spacial score (nSPS) is 11.2. The van der Waals surface area contributed by atoms with Gasteiger partial charge in [0.2, 0.25) is 0 Å². The summed E-state index contributed by atoms with van der Waals surface area (Å²) in [7, 11) is 0. The van der Waals surface area contributed by atoms with Gasteiger partial charge in [-0.2, -0.15) is 5.10 Å². The van der Waals surface area contributed by atoms with Crippen LogP contribution in [0.5, 0.6) is 5.75 Å². The Morgan fingerprint density at radius 2 is 1.69 bits per heavy atom. The molecule has 144 valence electrons. The lowest BCUT2D eigenvalue weighted by Crippen LogP contribution is -2.32. The fourth-order valence-electron chi connectivity index (χ4n) is 2.87. The number of aromatic nitrogens is 2. The Morgan fingerprint density at radius 1 is 0.966 bits per heavy atom. The fourth-order valence-corrected chi connectivity index (χ4v) is 2.87. The quantitative estimate of drug-likeness (QED) is 0.532. The van der Waals surface area contributed by atoms with E-state index in [0.29, 0.717) is 27.8 Å². The van der Waals surface area contributed by atoms with E-state index in [-0.39, 0.29) is 12.4 Å². The van der Waals surface area contributed by atoms with Gasteiger partial charge in [-0.3, -0.25) is 4.79 Å². The van der Waals surface area contributed by atoms with Crippen molar-refractivity contribution in [1.82, 2.24) is 9.66 Å². The van der Waals surface area contributed by atoms with Crippen molar-refractivity contribution in [2.24, 2.45) is 5.10 Å². The molecular weight excluding hydrogens is 373 g/mol. The lowest BCUT2D eigenvalue weighted by atomic mass is 10.2. The first kappa shape index (κ1) is 18.4. The maximum atomic E-state index is 13.8. The van der Waals surface area contributed by atoms with E-state index in [4.69, 9.17) is 4.74 Å². The molecule has 4 aromatic rings. The highest BCUT2D eigenvalue weighted by Crippen LogP contribution is 2.18. The number of benzene rings is 3. The molecule has 6 nitrogen and oxygen atoms in total. The van der Waals surface area contributed by atoms with Crippen LogP contribution in [0.2, 0.25) is 0 Å². The van der Waals surface area contributed by atoms with Gasteiger partial charge in [0.25, 0.3) is 5.56 Å². The minimum atomic E-state index is -0.644. The van der Waals surface area contributed by atoms with E-state index in [1.807, 2.05) is 0 Å². The van der Waals surface area contributed by atoms with Crippen LogP contribution in [0.4, 0.5) is 4.39 Å². The average Bonchev–Trinajstić information content (AvgIpc) is 2.74. The van der Waals surface area contributed by atoms with Gasteiger partial charge in [0.1, 0.15) is 18.2 Å². The van der Waals surface area contributed by atoms with Crippen molar-refractivity contribution in [3.63, 3.8) is 0 Å². The fraction of sp³-hybridized carbons (Fsp3) is 0.0455. The Labute approximate surface area is 164 Å². The summed E-state index contributed by atoms with van der Waals surface area (Å²) in [6, 6.07) is 20.0. The van der Waals surface area contributed by atoms with Gasteiger partial charge in [0, 0.05) is 11.1 Å². The van der Waals surface area contributed by atoms with Crippen LogP contribution in [0.3, 0.4) is 0 Å². The number of nitrogens with one attached hydrogen (secondary N) is 1. The molecule has 0 unspecified atom stereocenters. The third-order valence-corrected chi connectivity index (χ3v) is 4.36. The number of hydrogen-bond acceptors (Lipinski definition) is 4. The molecule has 0 spiro atoms. The van der Waals surface area contributed by atoms with Crippen LogP contribution in [0.25, 0.3) is 10.9 Å². The highest BCUT2D eigenvalue weighted by Gasteiger charge is 2.07. The molecule has 4 rings (SSSR count). The van der Waals surface area contributed by atoms with Gasteiger partial charge >= 0.3 is 5.69 Å². The maximum absolute atomic E-state index is 13.8. The van der Waals surface area contributed by atoms with Crippen LogP contribution >= 0.6 is 0 Å². The van der Waals surface area contributed by atoms with Crippen LogP contribution in [0.1, 0.15) is 11.1 Å². The number of H-pyrrole nitrogens is 1. The second-order valence-corrected chi connectivity index (χ2v) is 6.26. The number of hydrogen-bond donors (Lipinski definition) is 1. The summed E-state index contributed by atoms with van der Waals surface area (Å²) < 4.78 is 20.3. The molecule has 0 saturated heterocycles. The molecule has 3 aromatic carbocycles. The zero-order valence-electron chi connectivity index (χ0n) is 15.2. The monoisotopic (exact) mass is 389 g/mol. The Balaban J connectivity index is 1.65. The summed E-state index contributed by atoms with van der Waals surface area (Å²) in [6.45, 7) is 0.0357. The Hall–Kier alpha value is -4.00. The van der Waals surface area contributed by atoms with Crippen molar-refractivity contribution in [1.29, 1.82) is 0 Å². The highest BCUT2D eigenvalue weighted by molar-refractivity contribution is 5.83. The minimum absolute atomic E-state index is 0.0357. The third-order valence-electron chi connectivity index (χ3n) is 4.36. The number of para-hydroxylation sites is 2. The van der Waals surface area contributed by atoms with E-state index in [2.05, 4.69) is 10.1 Å². The van der Waals surface area contributed by atoms with Crippen LogP contribution in [-0.2, 0) is 6.61 Å². The van der Waals surface area contributed by atoms with Gasteiger partial charge in [0.15, 0.2) is 0 Å². The smallest absolute Gasteiger partial charge is 0.349 e. The van der Waals surface area contributed by atoms with E-state index in [1.54, 1.807) is 66.7 Å². The van der Waals surface area contributed by atoms with E-state index < -0.39 is 11.2 Å². The van der Waals surface area contributed by atoms with Gasteiger partial charge in [-0.05, 0) is 30.3 Å². The molecule has 0 aliphatic heterocycles. The summed E-state index contributed by atoms with van der Waals surface area (Å²) in [4.78, 5) is 27.4. The van der Waals surface area contributed by atoms with E-state index in [9.17, 15) is 14.0 Å². The van der Waals surface area contributed by atoms with Crippen LogP contribution in [0, 0.1) is 5.82 Å². The highest BCUT2D eigenvalue weighted by atomic mass is 19.1. The van der Waals surface area contributed by atoms with Gasteiger partial charge in [-0.15, -0.1) is 4.68 Å². The molecule has 1 aromatic heterocycles. The summed E-state index contributed by atoms with van der Waals surface area (Å²) in [5, 5.41) is 4.40. The van der Waals surface area contributed by atoms with Crippen molar-refractivity contribution >= 4 is 17.1 Å². The Bertz CT molecular complexity index is 1320. The van der Waals surface area contributed by atoms with Gasteiger partial charge < -0.3 is 9.72 Å². The molecule has 1 heterocycles. The number of nitrogens with zero attached hydrogens (tertiary/aromatic N) is 2. The lowest BCUT2D eigenvalue weighted by Gasteiger charge is -2.09. The van der Waals surface area contributed by atoms with Crippen molar-refractivity contribution in [2.45, 2.75) is 6.61 Å². The topological polar surface area (TPSA) is 76.5 Å². The van der Waals surface area contributed by atoms with E-state index in [1.165, 1.54) is 12.3 Å². The first-order chi connectivity index (χ1) is 14.1. The molecule has 0 aliphatic rings. The Kier molecular flexibility index (Phi) is 5.03.